The van der Waals surface area contributed by atoms with E-state index in [4.69, 9.17) is 0 Å². The van der Waals surface area contributed by atoms with Gasteiger partial charge in [0.2, 0.25) is 0 Å². The number of nitrogens with zero attached hydrogens (tertiary/aromatic N) is 3. The Morgan fingerprint density at radius 1 is 1.62 bits per heavy atom. The summed E-state index contributed by atoms with van der Waals surface area (Å²) < 4.78 is 15.8. The lowest BCUT2D eigenvalue weighted by Gasteiger charge is -2.24. The molecule has 0 radical (unpaired) electrons. The van der Waals surface area contributed by atoms with Crippen LogP contribution in [0.25, 0.3) is 0 Å². The van der Waals surface area contributed by atoms with Gasteiger partial charge >= 0.3 is 0 Å². The van der Waals surface area contributed by atoms with Crippen LogP contribution in [0.4, 0.5) is 5.69 Å². The number of rotatable bonds is 1. The largest absolute Gasteiger partial charge is 0.307 e. The maximum Gasteiger partial charge on any atom is 0.119 e. The van der Waals surface area contributed by atoms with E-state index in [9.17, 15) is 4.21 Å². The summed E-state index contributed by atoms with van der Waals surface area (Å²) >= 11 is 0. The molecule has 3 heterocycles. The molecule has 2 aliphatic heterocycles. The molecule has 1 N–H and O–H groups in total. The van der Waals surface area contributed by atoms with Crippen LogP contribution in [0.5, 0.6) is 0 Å². The molecule has 3 rings (SSSR count). The molecule has 0 aliphatic carbocycles. The summed E-state index contributed by atoms with van der Waals surface area (Å²) in [5.41, 5.74) is 2.23. The van der Waals surface area contributed by atoms with Crippen LogP contribution in [0.15, 0.2) is 6.20 Å². The lowest BCUT2D eigenvalue weighted by Crippen LogP contribution is -2.37. The van der Waals surface area contributed by atoms with Gasteiger partial charge in [-0.3, -0.25) is 8.99 Å². The molecule has 1 saturated heterocycles. The standard InChI is InChI=1S/C10H16N4OS/c1-8-7-13-9(5-11-8)10(6-12-13)14-3-2-4-16(14)15/h6,8,11H,2-5,7H2,1H3/t8-,16?/m0/s1. The first-order valence-electron chi connectivity index (χ1n) is 5.70. The maximum absolute atomic E-state index is 11.8. The lowest BCUT2D eigenvalue weighted by molar-refractivity contribution is 0.389. The van der Waals surface area contributed by atoms with Crippen molar-refractivity contribution in [3.8, 4) is 0 Å². The minimum atomic E-state index is -0.845. The molecule has 2 atom stereocenters. The highest BCUT2D eigenvalue weighted by molar-refractivity contribution is 7.86. The van der Waals surface area contributed by atoms with Gasteiger partial charge in [-0.1, -0.05) is 0 Å². The number of anilines is 1. The van der Waals surface area contributed by atoms with Crippen LogP contribution in [0.2, 0.25) is 0 Å². The predicted molar refractivity (Wildman–Crippen MR) is 63.5 cm³/mol. The maximum atomic E-state index is 11.8. The van der Waals surface area contributed by atoms with E-state index in [1.165, 1.54) is 5.69 Å². The molecular formula is C10H16N4OS. The topological polar surface area (TPSA) is 50.2 Å². The zero-order valence-corrected chi connectivity index (χ0v) is 10.2. The molecule has 2 aliphatic rings. The van der Waals surface area contributed by atoms with E-state index in [2.05, 4.69) is 17.3 Å². The summed E-state index contributed by atoms with van der Waals surface area (Å²) in [7, 11) is -0.845. The van der Waals surface area contributed by atoms with E-state index < -0.39 is 11.0 Å². The minimum absolute atomic E-state index is 0.462. The molecule has 6 heteroatoms. The van der Waals surface area contributed by atoms with Crippen molar-refractivity contribution in [1.29, 1.82) is 0 Å². The fraction of sp³-hybridized carbons (Fsp3) is 0.700. The van der Waals surface area contributed by atoms with Crippen LogP contribution in [0, 0.1) is 0 Å². The van der Waals surface area contributed by atoms with Crippen LogP contribution in [-0.4, -0.2) is 32.3 Å². The highest BCUT2D eigenvalue weighted by atomic mass is 32.2. The third kappa shape index (κ3) is 1.56. The van der Waals surface area contributed by atoms with Crippen LogP contribution in [-0.2, 0) is 24.1 Å². The summed E-state index contributed by atoms with van der Waals surface area (Å²) in [4.78, 5) is 0. The van der Waals surface area contributed by atoms with Gasteiger partial charge in [-0.15, -0.1) is 0 Å². The van der Waals surface area contributed by atoms with Gasteiger partial charge in [-0.2, -0.15) is 5.10 Å². The molecule has 1 aromatic heterocycles. The second kappa shape index (κ2) is 3.85. The quantitative estimate of drug-likeness (QED) is 0.765. The monoisotopic (exact) mass is 240 g/mol. The Kier molecular flexibility index (Phi) is 2.48. The smallest absolute Gasteiger partial charge is 0.119 e. The van der Waals surface area contributed by atoms with Crippen LogP contribution in [0.1, 0.15) is 19.0 Å². The molecule has 0 amide bonds. The van der Waals surface area contributed by atoms with Crippen molar-refractivity contribution in [1.82, 2.24) is 15.1 Å². The fourth-order valence-corrected chi connectivity index (χ4v) is 3.62. The average molecular weight is 240 g/mol. The van der Waals surface area contributed by atoms with Gasteiger partial charge < -0.3 is 5.32 Å². The highest BCUT2D eigenvalue weighted by Crippen LogP contribution is 2.27. The number of fused-ring (bicyclic) bond motifs is 1. The lowest BCUT2D eigenvalue weighted by atomic mass is 10.2. The van der Waals surface area contributed by atoms with Gasteiger partial charge in [0.15, 0.2) is 0 Å². The molecule has 1 aromatic rings. The number of hydrogen-bond donors (Lipinski definition) is 1. The minimum Gasteiger partial charge on any atom is -0.307 e. The third-order valence-corrected chi connectivity index (χ3v) is 4.69. The van der Waals surface area contributed by atoms with Crippen molar-refractivity contribution in [2.75, 3.05) is 16.6 Å². The summed E-state index contributed by atoms with van der Waals surface area (Å²) in [6.45, 7) is 4.76. The number of hydrogen-bond acceptors (Lipinski definition) is 3. The van der Waals surface area contributed by atoms with Crippen LogP contribution in [0.3, 0.4) is 0 Å². The zero-order chi connectivity index (χ0) is 11.1. The van der Waals surface area contributed by atoms with Crippen molar-refractivity contribution in [3.63, 3.8) is 0 Å². The van der Waals surface area contributed by atoms with E-state index in [0.717, 1.165) is 37.5 Å². The molecule has 0 spiro atoms. The second-order valence-electron chi connectivity index (χ2n) is 4.42. The van der Waals surface area contributed by atoms with Crippen molar-refractivity contribution in [2.24, 2.45) is 0 Å². The van der Waals surface area contributed by atoms with Crippen molar-refractivity contribution < 1.29 is 4.21 Å². The summed E-state index contributed by atoms with van der Waals surface area (Å²) in [5.74, 6) is 0.786. The molecule has 0 aromatic carbocycles. The van der Waals surface area contributed by atoms with E-state index in [1.807, 2.05) is 15.2 Å². The zero-order valence-electron chi connectivity index (χ0n) is 9.35. The highest BCUT2D eigenvalue weighted by Gasteiger charge is 2.27. The average Bonchev–Trinajstić information content (AvgIpc) is 2.83. The van der Waals surface area contributed by atoms with Gasteiger partial charge in [0.25, 0.3) is 0 Å². The molecule has 1 unspecified atom stereocenters. The predicted octanol–water partition coefficient (Wildman–Crippen LogP) is 0.249. The van der Waals surface area contributed by atoms with Crippen molar-refractivity contribution >= 4 is 16.7 Å². The molecule has 0 bridgehead atoms. The molecule has 16 heavy (non-hydrogen) atoms. The van der Waals surface area contributed by atoms with Crippen molar-refractivity contribution in [2.45, 2.75) is 32.5 Å². The van der Waals surface area contributed by atoms with Gasteiger partial charge in [-0.25, -0.2) is 4.21 Å². The van der Waals surface area contributed by atoms with E-state index in [0.29, 0.717) is 6.04 Å². The van der Waals surface area contributed by atoms with Crippen LogP contribution >= 0.6 is 0 Å². The fourth-order valence-electron chi connectivity index (χ4n) is 2.32. The van der Waals surface area contributed by atoms with E-state index in [1.54, 1.807) is 0 Å². The van der Waals surface area contributed by atoms with E-state index in [-0.39, 0.29) is 0 Å². The van der Waals surface area contributed by atoms with Crippen molar-refractivity contribution in [3.05, 3.63) is 11.9 Å². The van der Waals surface area contributed by atoms with Gasteiger partial charge in [0.1, 0.15) is 11.0 Å². The Morgan fingerprint density at radius 3 is 3.25 bits per heavy atom. The number of nitrogens with one attached hydrogen (secondary N) is 1. The summed E-state index contributed by atoms with van der Waals surface area (Å²) in [6.07, 6.45) is 2.87. The van der Waals surface area contributed by atoms with E-state index >= 15 is 0 Å². The Balaban J connectivity index is 1.94. The Bertz CT molecular complexity index is 430. The first-order valence-corrected chi connectivity index (χ1v) is 6.97. The van der Waals surface area contributed by atoms with Gasteiger partial charge in [-0.05, 0) is 13.3 Å². The number of aromatic nitrogens is 2. The molecule has 88 valence electrons. The first-order chi connectivity index (χ1) is 7.75. The third-order valence-electron chi connectivity index (χ3n) is 3.19. The van der Waals surface area contributed by atoms with Crippen LogP contribution < -0.4 is 9.62 Å². The summed E-state index contributed by atoms with van der Waals surface area (Å²) in [6, 6.07) is 0.462. The molecular weight excluding hydrogens is 224 g/mol. The molecule has 1 fully saturated rings. The Labute approximate surface area is 97.4 Å². The molecule has 5 nitrogen and oxygen atoms in total. The SMILES string of the molecule is C[C@H]1Cn2ncc(N3CCCS3=O)c2CN1. The Hall–Kier alpha value is -0.880. The first kappa shape index (κ1) is 10.3. The normalized spacial score (nSPS) is 29.4. The summed E-state index contributed by atoms with van der Waals surface area (Å²) in [5, 5.41) is 7.80. The van der Waals surface area contributed by atoms with Gasteiger partial charge in [0.05, 0.1) is 24.1 Å². The van der Waals surface area contributed by atoms with Gasteiger partial charge in [0, 0.05) is 24.9 Å². The second-order valence-corrected chi connectivity index (χ2v) is 5.91. The Morgan fingerprint density at radius 2 is 2.50 bits per heavy atom. The molecule has 0 saturated carbocycles.